The first-order chi connectivity index (χ1) is 8.99. The summed E-state index contributed by atoms with van der Waals surface area (Å²) in [4.78, 5) is 13.0. The van der Waals surface area contributed by atoms with Crippen LogP contribution in [0.3, 0.4) is 0 Å². The molecule has 0 aliphatic carbocycles. The lowest BCUT2D eigenvalue weighted by Gasteiger charge is -2.32. The molecule has 5 nitrogen and oxygen atoms in total. The van der Waals surface area contributed by atoms with Gasteiger partial charge in [-0.1, -0.05) is 6.92 Å². The standard InChI is InChI=1S/C13H19N3O2S/c1-9-8-16(6-7-19-9)13-11(4-5-12(17)18)10(2)14-15(13)3/h4-5,9H,6-8H2,1-3H3,(H,17,18)/b5-4+. The molecule has 19 heavy (non-hydrogen) atoms. The minimum atomic E-state index is -0.934. The first kappa shape index (κ1) is 14.0. The van der Waals surface area contributed by atoms with Crippen molar-refractivity contribution in [2.75, 3.05) is 23.7 Å². The first-order valence-corrected chi connectivity index (χ1v) is 7.35. The summed E-state index contributed by atoms with van der Waals surface area (Å²) in [5, 5.41) is 13.8. The fourth-order valence-corrected chi connectivity index (χ4v) is 3.41. The number of hydrogen-bond acceptors (Lipinski definition) is 4. The summed E-state index contributed by atoms with van der Waals surface area (Å²) in [5.41, 5.74) is 1.77. The molecular weight excluding hydrogens is 262 g/mol. The molecule has 2 heterocycles. The quantitative estimate of drug-likeness (QED) is 0.856. The Morgan fingerprint density at radius 3 is 2.95 bits per heavy atom. The highest BCUT2D eigenvalue weighted by Gasteiger charge is 2.23. The van der Waals surface area contributed by atoms with E-state index in [0.717, 1.165) is 35.9 Å². The molecular formula is C13H19N3O2S. The van der Waals surface area contributed by atoms with Gasteiger partial charge < -0.3 is 10.0 Å². The number of hydrogen-bond donors (Lipinski definition) is 1. The zero-order chi connectivity index (χ0) is 14.0. The number of carbonyl (C=O) groups is 1. The van der Waals surface area contributed by atoms with Crippen LogP contribution in [-0.4, -0.2) is 44.9 Å². The van der Waals surface area contributed by atoms with Crippen LogP contribution in [0, 0.1) is 6.92 Å². The topological polar surface area (TPSA) is 58.4 Å². The minimum absolute atomic E-state index is 0.584. The van der Waals surface area contributed by atoms with Crippen LogP contribution < -0.4 is 4.90 Å². The van der Waals surface area contributed by atoms with E-state index in [1.54, 1.807) is 6.08 Å². The molecule has 1 aliphatic rings. The average Bonchev–Trinajstić information content (AvgIpc) is 2.61. The molecule has 0 saturated carbocycles. The maximum atomic E-state index is 10.7. The molecule has 0 radical (unpaired) electrons. The van der Waals surface area contributed by atoms with Crippen molar-refractivity contribution in [1.29, 1.82) is 0 Å². The molecule has 1 aromatic rings. The molecule has 0 spiro atoms. The van der Waals surface area contributed by atoms with Gasteiger partial charge in [-0.25, -0.2) is 4.79 Å². The van der Waals surface area contributed by atoms with E-state index in [2.05, 4.69) is 16.9 Å². The summed E-state index contributed by atoms with van der Waals surface area (Å²) in [5.74, 6) is 1.17. The van der Waals surface area contributed by atoms with Crippen molar-refractivity contribution in [3.8, 4) is 0 Å². The van der Waals surface area contributed by atoms with Gasteiger partial charge in [0.15, 0.2) is 0 Å². The Balaban J connectivity index is 2.35. The van der Waals surface area contributed by atoms with E-state index in [9.17, 15) is 4.79 Å². The fourth-order valence-electron chi connectivity index (χ4n) is 2.40. The van der Waals surface area contributed by atoms with Gasteiger partial charge in [-0.2, -0.15) is 16.9 Å². The second-order valence-corrected chi connectivity index (χ2v) is 6.29. The van der Waals surface area contributed by atoms with E-state index >= 15 is 0 Å². The lowest BCUT2D eigenvalue weighted by atomic mass is 10.2. The molecule has 104 valence electrons. The van der Waals surface area contributed by atoms with E-state index in [4.69, 9.17) is 5.11 Å². The minimum Gasteiger partial charge on any atom is -0.478 e. The molecule has 1 saturated heterocycles. The van der Waals surface area contributed by atoms with Gasteiger partial charge in [0, 0.05) is 42.8 Å². The molecule has 0 aromatic carbocycles. The molecule has 0 amide bonds. The third kappa shape index (κ3) is 3.12. The van der Waals surface area contributed by atoms with Crippen LogP contribution in [-0.2, 0) is 11.8 Å². The Kier molecular flexibility index (Phi) is 4.19. The van der Waals surface area contributed by atoms with E-state index in [1.165, 1.54) is 6.08 Å². The van der Waals surface area contributed by atoms with Gasteiger partial charge in [-0.15, -0.1) is 0 Å². The van der Waals surface area contributed by atoms with Gasteiger partial charge in [0.2, 0.25) is 0 Å². The number of rotatable bonds is 3. The average molecular weight is 281 g/mol. The zero-order valence-corrected chi connectivity index (χ0v) is 12.3. The normalized spacial score (nSPS) is 20.2. The maximum absolute atomic E-state index is 10.7. The van der Waals surface area contributed by atoms with Gasteiger partial charge in [-0.3, -0.25) is 4.68 Å². The molecule has 1 unspecified atom stereocenters. The summed E-state index contributed by atoms with van der Waals surface area (Å²) >= 11 is 1.97. The van der Waals surface area contributed by atoms with Crippen LogP contribution in [0.15, 0.2) is 6.08 Å². The van der Waals surface area contributed by atoms with Crippen molar-refractivity contribution >= 4 is 29.6 Å². The Morgan fingerprint density at radius 2 is 2.32 bits per heavy atom. The molecule has 1 fully saturated rings. The van der Waals surface area contributed by atoms with Gasteiger partial charge in [-0.05, 0) is 13.0 Å². The number of nitrogens with zero attached hydrogens (tertiary/aromatic N) is 3. The summed E-state index contributed by atoms with van der Waals surface area (Å²) in [6.07, 6.45) is 2.82. The van der Waals surface area contributed by atoms with E-state index in [-0.39, 0.29) is 0 Å². The number of carboxylic acid groups (broad SMARTS) is 1. The lowest BCUT2D eigenvalue weighted by molar-refractivity contribution is -0.131. The summed E-state index contributed by atoms with van der Waals surface area (Å²) in [7, 11) is 1.91. The van der Waals surface area contributed by atoms with E-state index < -0.39 is 5.97 Å². The number of aromatic nitrogens is 2. The van der Waals surface area contributed by atoms with E-state index in [0.29, 0.717) is 5.25 Å². The van der Waals surface area contributed by atoms with Crippen LogP contribution in [0.2, 0.25) is 0 Å². The maximum Gasteiger partial charge on any atom is 0.328 e. The highest BCUT2D eigenvalue weighted by atomic mass is 32.2. The Morgan fingerprint density at radius 1 is 1.58 bits per heavy atom. The van der Waals surface area contributed by atoms with E-state index in [1.807, 2.05) is 30.4 Å². The number of carboxylic acids is 1. The highest BCUT2D eigenvalue weighted by Crippen LogP contribution is 2.29. The monoisotopic (exact) mass is 281 g/mol. The highest BCUT2D eigenvalue weighted by molar-refractivity contribution is 8.00. The van der Waals surface area contributed by atoms with Crippen LogP contribution >= 0.6 is 11.8 Å². The lowest BCUT2D eigenvalue weighted by Crippen LogP contribution is -2.38. The molecule has 2 rings (SSSR count). The number of thioether (sulfide) groups is 1. The first-order valence-electron chi connectivity index (χ1n) is 6.30. The third-order valence-corrected chi connectivity index (χ3v) is 4.31. The predicted molar refractivity (Wildman–Crippen MR) is 78.7 cm³/mol. The van der Waals surface area contributed by atoms with Crippen LogP contribution in [0.4, 0.5) is 5.82 Å². The van der Waals surface area contributed by atoms with Gasteiger partial charge in [0.1, 0.15) is 5.82 Å². The molecule has 0 bridgehead atoms. The summed E-state index contributed by atoms with van der Waals surface area (Å²) in [6.45, 7) is 6.07. The molecule has 6 heteroatoms. The van der Waals surface area contributed by atoms with Gasteiger partial charge in [0.05, 0.1) is 5.69 Å². The Hall–Kier alpha value is -1.43. The second-order valence-electron chi connectivity index (χ2n) is 4.75. The molecule has 1 atom stereocenters. The van der Waals surface area contributed by atoms with Gasteiger partial charge in [0.25, 0.3) is 0 Å². The largest absolute Gasteiger partial charge is 0.478 e. The SMILES string of the molecule is Cc1nn(C)c(N2CCSC(C)C2)c1/C=C/C(=O)O. The van der Waals surface area contributed by atoms with Crippen LogP contribution in [0.5, 0.6) is 0 Å². The molecule has 1 N–H and O–H groups in total. The van der Waals surface area contributed by atoms with Crippen molar-refractivity contribution < 1.29 is 9.90 Å². The van der Waals surface area contributed by atoms with Crippen molar-refractivity contribution in [3.05, 3.63) is 17.3 Å². The number of anilines is 1. The van der Waals surface area contributed by atoms with Gasteiger partial charge >= 0.3 is 5.97 Å². The van der Waals surface area contributed by atoms with Crippen LogP contribution in [0.1, 0.15) is 18.2 Å². The third-order valence-electron chi connectivity index (χ3n) is 3.17. The van der Waals surface area contributed by atoms with Crippen molar-refractivity contribution in [3.63, 3.8) is 0 Å². The smallest absolute Gasteiger partial charge is 0.328 e. The van der Waals surface area contributed by atoms with Crippen molar-refractivity contribution in [2.24, 2.45) is 7.05 Å². The molecule has 1 aromatic heterocycles. The summed E-state index contributed by atoms with van der Waals surface area (Å²) < 4.78 is 1.85. The predicted octanol–water partition coefficient (Wildman–Crippen LogP) is 1.77. The van der Waals surface area contributed by atoms with Crippen molar-refractivity contribution in [1.82, 2.24) is 9.78 Å². The summed E-state index contributed by atoms with van der Waals surface area (Å²) in [6, 6.07) is 0. The Labute approximate surface area is 117 Å². The Bertz CT molecular complexity index is 510. The number of aliphatic carboxylic acids is 1. The second kappa shape index (κ2) is 5.69. The number of aryl methyl sites for hydroxylation is 2. The zero-order valence-electron chi connectivity index (χ0n) is 11.5. The van der Waals surface area contributed by atoms with Crippen molar-refractivity contribution in [2.45, 2.75) is 19.1 Å². The van der Waals surface area contributed by atoms with Crippen LogP contribution in [0.25, 0.3) is 6.08 Å². The molecule has 1 aliphatic heterocycles. The fraction of sp³-hybridized carbons (Fsp3) is 0.538.